The van der Waals surface area contributed by atoms with E-state index in [9.17, 15) is 9.59 Å². The topological polar surface area (TPSA) is 83.4 Å². The van der Waals surface area contributed by atoms with Gasteiger partial charge < -0.3 is 10.0 Å². The molecule has 0 fully saturated rings. The molecule has 0 unspecified atom stereocenters. The van der Waals surface area contributed by atoms with Gasteiger partial charge in [-0.2, -0.15) is 0 Å². The van der Waals surface area contributed by atoms with Gasteiger partial charge in [-0.05, 0) is 12.1 Å². The lowest BCUT2D eigenvalue weighted by molar-refractivity contribution is 0.0691. The Bertz CT molecular complexity index is 597. The van der Waals surface area contributed by atoms with Crippen LogP contribution in [0.4, 0.5) is 0 Å². The molecule has 0 aromatic carbocycles. The van der Waals surface area contributed by atoms with Crippen LogP contribution in [-0.4, -0.2) is 38.9 Å². The van der Waals surface area contributed by atoms with Gasteiger partial charge in [-0.3, -0.25) is 9.78 Å². The Kier molecular flexibility index (Phi) is 3.86. The van der Waals surface area contributed by atoms with Gasteiger partial charge in [-0.1, -0.05) is 6.07 Å². The van der Waals surface area contributed by atoms with Crippen molar-refractivity contribution in [1.82, 2.24) is 14.9 Å². The first-order chi connectivity index (χ1) is 9.08. The van der Waals surface area contributed by atoms with Crippen LogP contribution < -0.4 is 0 Å². The number of carboxylic acid groups (broad SMARTS) is 1. The van der Waals surface area contributed by atoms with Crippen molar-refractivity contribution in [2.45, 2.75) is 6.54 Å². The molecule has 98 valence electrons. The van der Waals surface area contributed by atoms with Crippen LogP contribution in [0.1, 0.15) is 26.0 Å². The molecule has 7 heteroatoms. The molecule has 1 amide bonds. The number of carbonyl (C=O) groups excluding carboxylic acids is 1. The van der Waals surface area contributed by atoms with Crippen LogP contribution in [0.15, 0.2) is 29.8 Å². The van der Waals surface area contributed by atoms with Crippen LogP contribution in [0.5, 0.6) is 0 Å². The zero-order valence-corrected chi connectivity index (χ0v) is 10.9. The smallest absolute Gasteiger partial charge is 0.355 e. The Morgan fingerprint density at radius 2 is 2.21 bits per heavy atom. The minimum Gasteiger partial charge on any atom is -0.476 e. The van der Waals surface area contributed by atoms with Crippen molar-refractivity contribution in [3.8, 4) is 0 Å². The average Bonchev–Trinajstić information content (AvgIpc) is 2.88. The van der Waals surface area contributed by atoms with E-state index in [1.165, 1.54) is 10.3 Å². The monoisotopic (exact) mass is 277 g/mol. The first-order valence-electron chi connectivity index (χ1n) is 5.42. The summed E-state index contributed by atoms with van der Waals surface area (Å²) >= 11 is 1.02. The van der Waals surface area contributed by atoms with E-state index in [-0.39, 0.29) is 16.6 Å². The Balaban J connectivity index is 2.08. The van der Waals surface area contributed by atoms with Crippen molar-refractivity contribution in [2.24, 2.45) is 0 Å². The number of aromatic carboxylic acids is 1. The summed E-state index contributed by atoms with van der Waals surface area (Å²) in [5.74, 6) is -1.45. The lowest BCUT2D eigenvalue weighted by Gasteiger charge is -2.14. The van der Waals surface area contributed by atoms with E-state index in [0.717, 1.165) is 17.0 Å². The van der Waals surface area contributed by atoms with Crippen molar-refractivity contribution in [2.75, 3.05) is 7.05 Å². The van der Waals surface area contributed by atoms with Crippen LogP contribution >= 0.6 is 11.3 Å². The molecule has 0 aliphatic rings. The van der Waals surface area contributed by atoms with Gasteiger partial charge in [-0.25, -0.2) is 9.78 Å². The van der Waals surface area contributed by atoms with Gasteiger partial charge >= 0.3 is 5.97 Å². The van der Waals surface area contributed by atoms with Crippen LogP contribution in [0.25, 0.3) is 0 Å². The zero-order chi connectivity index (χ0) is 13.8. The summed E-state index contributed by atoms with van der Waals surface area (Å²) in [4.78, 5) is 32.1. The molecule has 0 spiro atoms. The molecular formula is C12H11N3O3S. The molecule has 0 saturated carbocycles. The average molecular weight is 277 g/mol. The lowest BCUT2D eigenvalue weighted by atomic mass is 10.3. The third kappa shape index (κ3) is 3.14. The summed E-state index contributed by atoms with van der Waals surface area (Å²) in [5, 5.41) is 10.3. The fourth-order valence-electron chi connectivity index (χ4n) is 1.44. The number of hydrogen-bond donors (Lipinski definition) is 1. The molecule has 0 atom stereocenters. The van der Waals surface area contributed by atoms with Crippen molar-refractivity contribution in [1.29, 1.82) is 0 Å². The number of pyridine rings is 1. The van der Waals surface area contributed by atoms with E-state index in [1.54, 1.807) is 19.3 Å². The third-order valence-corrected chi connectivity index (χ3v) is 3.21. The van der Waals surface area contributed by atoms with E-state index in [1.807, 2.05) is 12.1 Å². The third-order valence-electron chi connectivity index (χ3n) is 2.38. The summed E-state index contributed by atoms with van der Waals surface area (Å²) in [6.07, 6.45) is 1.65. The number of aromatic nitrogens is 2. The number of carbonyl (C=O) groups is 2. The number of carboxylic acids is 1. The minimum atomic E-state index is -1.14. The highest BCUT2D eigenvalue weighted by Crippen LogP contribution is 2.13. The van der Waals surface area contributed by atoms with E-state index in [0.29, 0.717) is 6.54 Å². The molecule has 2 heterocycles. The number of nitrogens with zero attached hydrogens (tertiary/aromatic N) is 3. The highest BCUT2D eigenvalue weighted by Gasteiger charge is 2.18. The van der Waals surface area contributed by atoms with Gasteiger partial charge in [-0.15, -0.1) is 11.3 Å². The quantitative estimate of drug-likeness (QED) is 0.915. The Hall–Kier alpha value is -2.28. The maximum absolute atomic E-state index is 12.0. The van der Waals surface area contributed by atoms with E-state index >= 15 is 0 Å². The van der Waals surface area contributed by atoms with Crippen LogP contribution in [0, 0.1) is 0 Å². The van der Waals surface area contributed by atoms with Crippen LogP contribution in [0.2, 0.25) is 0 Å². The zero-order valence-electron chi connectivity index (χ0n) is 10.1. The number of hydrogen-bond acceptors (Lipinski definition) is 5. The first-order valence-corrected chi connectivity index (χ1v) is 6.30. The van der Waals surface area contributed by atoms with E-state index in [2.05, 4.69) is 9.97 Å². The van der Waals surface area contributed by atoms with E-state index in [4.69, 9.17) is 5.11 Å². The van der Waals surface area contributed by atoms with Crippen molar-refractivity contribution in [3.05, 3.63) is 46.2 Å². The minimum absolute atomic E-state index is 0.111. The summed E-state index contributed by atoms with van der Waals surface area (Å²) in [6, 6.07) is 5.45. The number of rotatable bonds is 4. The largest absolute Gasteiger partial charge is 0.476 e. The second kappa shape index (κ2) is 5.57. The predicted octanol–water partition coefficient (Wildman–Crippen LogP) is 1.51. The van der Waals surface area contributed by atoms with E-state index < -0.39 is 5.97 Å². The fourth-order valence-corrected chi connectivity index (χ4v) is 2.22. The normalized spacial score (nSPS) is 10.2. The molecule has 0 saturated heterocycles. The maximum atomic E-state index is 12.0. The molecule has 1 N–H and O–H groups in total. The Morgan fingerprint density at radius 3 is 2.79 bits per heavy atom. The highest BCUT2D eigenvalue weighted by atomic mass is 32.1. The highest BCUT2D eigenvalue weighted by molar-refractivity contribution is 7.11. The first kappa shape index (κ1) is 13.2. The van der Waals surface area contributed by atoms with Crippen LogP contribution in [0.3, 0.4) is 0 Å². The fraction of sp³-hybridized carbons (Fsp3) is 0.167. The predicted molar refractivity (Wildman–Crippen MR) is 69.1 cm³/mol. The molecule has 2 aromatic rings. The van der Waals surface area contributed by atoms with Gasteiger partial charge in [0.25, 0.3) is 5.91 Å². The SMILES string of the molecule is CN(Cc1ccccn1)C(=O)c1nc(C(=O)O)cs1. The second-order valence-corrected chi connectivity index (χ2v) is 4.68. The number of amides is 1. The number of thiazole rings is 1. The molecular weight excluding hydrogens is 266 g/mol. The summed E-state index contributed by atoms with van der Waals surface area (Å²) in [6.45, 7) is 0.349. The molecule has 0 radical (unpaired) electrons. The van der Waals surface area contributed by atoms with Gasteiger partial charge in [0.2, 0.25) is 0 Å². The standard InChI is InChI=1S/C12H11N3O3S/c1-15(6-8-4-2-3-5-13-8)11(16)10-14-9(7-19-10)12(17)18/h2-5,7H,6H2,1H3,(H,17,18). The maximum Gasteiger partial charge on any atom is 0.355 e. The molecule has 0 aliphatic carbocycles. The second-order valence-electron chi connectivity index (χ2n) is 3.83. The van der Waals surface area contributed by atoms with Crippen molar-refractivity contribution < 1.29 is 14.7 Å². The molecule has 0 bridgehead atoms. The Labute approximate surface area is 113 Å². The molecule has 6 nitrogen and oxygen atoms in total. The molecule has 19 heavy (non-hydrogen) atoms. The lowest BCUT2D eigenvalue weighted by Crippen LogP contribution is -2.26. The van der Waals surface area contributed by atoms with Crippen molar-refractivity contribution >= 4 is 23.2 Å². The summed E-state index contributed by atoms with van der Waals surface area (Å²) in [5.41, 5.74) is 0.646. The Morgan fingerprint density at radius 1 is 1.42 bits per heavy atom. The van der Waals surface area contributed by atoms with Gasteiger partial charge in [0.05, 0.1) is 12.2 Å². The van der Waals surface area contributed by atoms with Crippen LogP contribution in [-0.2, 0) is 6.54 Å². The van der Waals surface area contributed by atoms with Crippen molar-refractivity contribution in [3.63, 3.8) is 0 Å². The summed E-state index contributed by atoms with van der Waals surface area (Å²) < 4.78 is 0. The molecule has 0 aliphatic heterocycles. The van der Waals surface area contributed by atoms with Gasteiger partial charge in [0, 0.05) is 18.6 Å². The van der Waals surface area contributed by atoms with Gasteiger partial charge in [0.15, 0.2) is 10.7 Å². The summed E-state index contributed by atoms with van der Waals surface area (Å²) in [7, 11) is 1.62. The molecule has 2 rings (SSSR count). The van der Waals surface area contributed by atoms with Gasteiger partial charge in [0.1, 0.15) is 0 Å². The molecule has 2 aromatic heterocycles.